The summed E-state index contributed by atoms with van der Waals surface area (Å²) in [5, 5.41) is 3.48. The van der Waals surface area contributed by atoms with Gasteiger partial charge >= 0.3 is 0 Å². The minimum Gasteiger partial charge on any atom is -0.496 e. The molecule has 0 aliphatic carbocycles. The monoisotopic (exact) mass is 386 g/mol. The molecular weight excluding hydrogens is 356 g/mol. The van der Waals surface area contributed by atoms with Gasteiger partial charge in [-0.1, -0.05) is 18.2 Å². The Bertz CT molecular complexity index is 773. The van der Waals surface area contributed by atoms with Gasteiger partial charge in [0, 0.05) is 36.8 Å². The molecule has 1 saturated heterocycles. The van der Waals surface area contributed by atoms with Gasteiger partial charge in [-0.2, -0.15) is 0 Å². The summed E-state index contributed by atoms with van der Waals surface area (Å²) in [6.07, 6.45) is 1.08. The van der Waals surface area contributed by atoms with Crippen LogP contribution in [0.3, 0.4) is 0 Å². The van der Waals surface area contributed by atoms with Crippen LogP contribution in [0.2, 0.25) is 0 Å². The van der Waals surface area contributed by atoms with Crippen molar-refractivity contribution < 1.29 is 18.9 Å². The first-order chi connectivity index (χ1) is 13.7. The van der Waals surface area contributed by atoms with Crippen molar-refractivity contribution in [3.8, 4) is 23.0 Å². The molecule has 28 heavy (non-hydrogen) atoms. The standard InChI is InChI=1S/C22H30N2O4/c1-25-18-9-6-5-8-16(18)22(24-12-7-10-23-11-13-24)17-14-20(27-3)21(28-4)15-19(17)26-2/h5-6,8-9,14-15,22-23H,7,10-13H2,1-4H3. The lowest BCUT2D eigenvalue weighted by Crippen LogP contribution is -2.33. The number of ether oxygens (including phenoxy) is 4. The second kappa shape index (κ2) is 9.66. The molecule has 0 aromatic heterocycles. The summed E-state index contributed by atoms with van der Waals surface area (Å²) in [6.45, 7) is 3.88. The van der Waals surface area contributed by atoms with Gasteiger partial charge in [0.2, 0.25) is 0 Å². The molecule has 1 aliphatic rings. The molecule has 0 saturated carbocycles. The van der Waals surface area contributed by atoms with Crippen molar-refractivity contribution in [3.63, 3.8) is 0 Å². The van der Waals surface area contributed by atoms with Crippen LogP contribution in [0, 0.1) is 0 Å². The second-order valence-corrected chi connectivity index (χ2v) is 6.73. The Morgan fingerprint density at radius 1 is 0.750 bits per heavy atom. The zero-order valence-corrected chi connectivity index (χ0v) is 17.2. The molecule has 1 heterocycles. The Kier molecular flexibility index (Phi) is 7.01. The average Bonchev–Trinajstić information content (AvgIpc) is 3.03. The SMILES string of the molecule is COc1cc(OC)c(C(c2ccccc2OC)N2CCCNCC2)cc1OC. The van der Waals surface area contributed by atoms with Gasteiger partial charge in [0.1, 0.15) is 11.5 Å². The van der Waals surface area contributed by atoms with Gasteiger partial charge in [-0.15, -0.1) is 0 Å². The normalized spacial score (nSPS) is 16.1. The molecular formula is C22H30N2O4. The summed E-state index contributed by atoms with van der Waals surface area (Å²) in [5.74, 6) is 2.97. The summed E-state index contributed by atoms with van der Waals surface area (Å²) in [6, 6.07) is 12.1. The number of nitrogens with one attached hydrogen (secondary N) is 1. The van der Waals surface area contributed by atoms with Gasteiger partial charge in [0.25, 0.3) is 0 Å². The van der Waals surface area contributed by atoms with Crippen molar-refractivity contribution in [3.05, 3.63) is 47.5 Å². The van der Waals surface area contributed by atoms with E-state index in [0.29, 0.717) is 11.5 Å². The van der Waals surface area contributed by atoms with E-state index in [0.717, 1.165) is 55.2 Å². The topological polar surface area (TPSA) is 52.2 Å². The van der Waals surface area contributed by atoms with Gasteiger partial charge in [-0.3, -0.25) is 4.90 Å². The van der Waals surface area contributed by atoms with E-state index in [1.807, 2.05) is 30.3 Å². The van der Waals surface area contributed by atoms with Gasteiger partial charge in [-0.05, 0) is 25.1 Å². The Morgan fingerprint density at radius 3 is 2.14 bits per heavy atom. The van der Waals surface area contributed by atoms with Crippen LogP contribution >= 0.6 is 0 Å². The van der Waals surface area contributed by atoms with E-state index in [2.05, 4.69) is 16.3 Å². The van der Waals surface area contributed by atoms with Crippen LogP contribution in [0.5, 0.6) is 23.0 Å². The second-order valence-electron chi connectivity index (χ2n) is 6.73. The molecule has 1 unspecified atom stereocenters. The number of methoxy groups -OCH3 is 4. The predicted octanol–water partition coefficient (Wildman–Crippen LogP) is 3.11. The number of hydrogen-bond acceptors (Lipinski definition) is 6. The molecule has 2 aromatic carbocycles. The van der Waals surface area contributed by atoms with Gasteiger partial charge < -0.3 is 24.3 Å². The summed E-state index contributed by atoms with van der Waals surface area (Å²) in [4.78, 5) is 2.47. The van der Waals surface area contributed by atoms with E-state index in [1.165, 1.54) is 0 Å². The highest BCUT2D eigenvalue weighted by atomic mass is 16.5. The number of hydrogen-bond donors (Lipinski definition) is 1. The lowest BCUT2D eigenvalue weighted by atomic mass is 9.94. The fraction of sp³-hybridized carbons (Fsp3) is 0.455. The van der Waals surface area contributed by atoms with E-state index in [-0.39, 0.29) is 6.04 Å². The molecule has 6 heteroatoms. The predicted molar refractivity (Wildman–Crippen MR) is 110 cm³/mol. The minimum absolute atomic E-state index is 0.0224. The molecule has 0 amide bonds. The first kappa shape index (κ1) is 20.3. The molecule has 3 rings (SSSR count). The fourth-order valence-corrected chi connectivity index (χ4v) is 3.84. The van der Waals surface area contributed by atoms with Gasteiger partial charge in [-0.25, -0.2) is 0 Å². The van der Waals surface area contributed by atoms with Crippen LogP contribution in [0.25, 0.3) is 0 Å². The first-order valence-electron chi connectivity index (χ1n) is 9.61. The molecule has 6 nitrogen and oxygen atoms in total. The zero-order valence-electron chi connectivity index (χ0n) is 17.2. The fourth-order valence-electron chi connectivity index (χ4n) is 3.84. The van der Waals surface area contributed by atoms with E-state index >= 15 is 0 Å². The van der Waals surface area contributed by atoms with Crippen LogP contribution in [0.15, 0.2) is 36.4 Å². The molecule has 0 spiro atoms. The molecule has 0 bridgehead atoms. The lowest BCUT2D eigenvalue weighted by Gasteiger charge is -2.33. The minimum atomic E-state index is -0.0224. The summed E-state index contributed by atoms with van der Waals surface area (Å²) < 4.78 is 22.5. The average molecular weight is 386 g/mol. The molecule has 1 atom stereocenters. The third kappa shape index (κ3) is 4.18. The van der Waals surface area contributed by atoms with Crippen LogP contribution in [-0.4, -0.2) is 59.5 Å². The van der Waals surface area contributed by atoms with Crippen molar-refractivity contribution in [1.29, 1.82) is 0 Å². The van der Waals surface area contributed by atoms with Crippen molar-refractivity contribution in [1.82, 2.24) is 10.2 Å². The zero-order chi connectivity index (χ0) is 19.9. The maximum atomic E-state index is 5.77. The van der Waals surface area contributed by atoms with Crippen LogP contribution < -0.4 is 24.3 Å². The maximum Gasteiger partial charge on any atom is 0.164 e. The summed E-state index contributed by atoms with van der Waals surface area (Å²) >= 11 is 0. The van der Waals surface area contributed by atoms with Crippen LogP contribution in [-0.2, 0) is 0 Å². The number of rotatable bonds is 7. The Hall–Kier alpha value is -2.44. The number of para-hydroxylation sites is 1. The van der Waals surface area contributed by atoms with E-state index in [1.54, 1.807) is 28.4 Å². The maximum absolute atomic E-state index is 5.77. The van der Waals surface area contributed by atoms with Crippen molar-refractivity contribution in [2.45, 2.75) is 12.5 Å². The molecule has 1 fully saturated rings. The molecule has 0 radical (unpaired) electrons. The van der Waals surface area contributed by atoms with Crippen molar-refractivity contribution in [2.75, 3.05) is 54.6 Å². The molecule has 1 aliphatic heterocycles. The highest BCUT2D eigenvalue weighted by Crippen LogP contribution is 2.43. The Morgan fingerprint density at radius 2 is 1.43 bits per heavy atom. The van der Waals surface area contributed by atoms with Crippen LogP contribution in [0.1, 0.15) is 23.6 Å². The highest BCUT2D eigenvalue weighted by molar-refractivity contribution is 5.55. The number of benzene rings is 2. The van der Waals surface area contributed by atoms with E-state index < -0.39 is 0 Å². The van der Waals surface area contributed by atoms with E-state index in [9.17, 15) is 0 Å². The van der Waals surface area contributed by atoms with E-state index in [4.69, 9.17) is 18.9 Å². The van der Waals surface area contributed by atoms with Gasteiger partial charge in [0.15, 0.2) is 11.5 Å². The molecule has 2 aromatic rings. The largest absolute Gasteiger partial charge is 0.496 e. The lowest BCUT2D eigenvalue weighted by molar-refractivity contribution is 0.230. The smallest absolute Gasteiger partial charge is 0.164 e. The Balaban J connectivity index is 2.18. The Labute approximate surface area is 167 Å². The van der Waals surface area contributed by atoms with Crippen LogP contribution in [0.4, 0.5) is 0 Å². The quantitative estimate of drug-likeness (QED) is 0.789. The highest BCUT2D eigenvalue weighted by Gasteiger charge is 2.29. The van der Waals surface area contributed by atoms with Crippen molar-refractivity contribution in [2.24, 2.45) is 0 Å². The first-order valence-corrected chi connectivity index (χ1v) is 9.61. The van der Waals surface area contributed by atoms with Gasteiger partial charge in [0.05, 0.1) is 34.5 Å². The number of nitrogens with zero attached hydrogens (tertiary/aromatic N) is 1. The third-order valence-electron chi connectivity index (χ3n) is 5.20. The summed E-state index contributed by atoms with van der Waals surface area (Å²) in [7, 11) is 6.69. The molecule has 1 N–H and O–H groups in total. The van der Waals surface area contributed by atoms with Crippen molar-refractivity contribution >= 4 is 0 Å². The molecule has 152 valence electrons. The third-order valence-corrected chi connectivity index (χ3v) is 5.20. The summed E-state index contributed by atoms with van der Waals surface area (Å²) in [5.41, 5.74) is 2.14.